The maximum absolute atomic E-state index is 12.4. The molecule has 0 aliphatic heterocycles. The smallest absolute Gasteiger partial charge is 0.338 e. The van der Waals surface area contributed by atoms with Crippen LogP contribution in [0.5, 0.6) is 11.5 Å². The van der Waals surface area contributed by atoms with Crippen LogP contribution >= 0.6 is 0 Å². The molecule has 0 fully saturated rings. The molecule has 28 heavy (non-hydrogen) atoms. The highest BCUT2D eigenvalue weighted by molar-refractivity contribution is 5.90. The molecule has 0 N–H and O–H groups in total. The molecule has 0 radical (unpaired) electrons. The van der Waals surface area contributed by atoms with Gasteiger partial charge in [-0.3, -0.25) is 0 Å². The van der Waals surface area contributed by atoms with Gasteiger partial charge >= 0.3 is 5.97 Å². The van der Waals surface area contributed by atoms with E-state index in [1.807, 2.05) is 30.3 Å². The number of methoxy groups -OCH3 is 1. The maximum atomic E-state index is 12.4. The van der Waals surface area contributed by atoms with Crippen molar-refractivity contribution in [3.8, 4) is 17.6 Å². The molecule has 3 aromatic carbocycles. The number of carbonyl (C=O) groups excluding carboxylic acids is 1. The van der Waals surface area contributed by atoms with Crippen molar-refractivity contribution >= 4 is 5.97 Å². The van der Waals surface area contributed by atoms with Crippen LogP contribution in [0, 0.1) is 11.3 Å². The fraction of sp³-hybridized carbons (Fsp3) is 0.130. The Balaban J connectivity index is 1.67. The SMILES string of the molecule is COc1cc(C(=O)OCc2ccccc2C#N)ccc1OCc1ccccc1. The summed E-state index contributed by atoms with van der Waals surface area (Å²) in [5.74, 6) is 0.487. The van der Waals surface area contributed by atoms with Crippen LogP contribution in [-0.4, -0.2) is 13.1 Å². The van der Waals surface area contributed by atoms with E-state index in [1.165, 1.54) is 7.11 Å². The van der Waals surface area contributed by atoms with Gasteiger partial charge in [0.2, 0.25) is 0 Å². The lowest BCUT2D eigenvalue weighted by atomic mass is 10.1. The average molecular weight is 373 g/mol. The van der Waals surface area contributed by atoms with E-state index in [4.69, 9.17) is 19.5 Å². The number of esters is 1. The number of rotatable bonds is 7. The largest absolute Gasteiger partial charge is 0.493 e. The number of ether oxygens (including phenoxy) is 3. The zero-order valence-electron chi connectivity index (χ0n) is 15.4. The molecule has 3 aromatic rings. The Morgan fingerprint density at radius 1 is 0.929 bits per heavy atom. The molecule has 0 aliphatic carbocycles. The summed E-state index contributed by atoms with van der Waals surface area (Å²) in [7, 11) is 1.52. The molecule has 0 aromatic heterocycles. The summed E-state index contributed by atoms with van der Waals surface area (Å²) in [6, 6.07) is 23.8. The highest BCUT2D eigenvalue weighted by atomic mass is 16.5. The Kier molecular flexibility index (Phi) is 6.27. The number of hydrogen-bond donors (Lipinski definition) is 0. The number of benzene rings is 3. The molecule has 140 valence electrons. The van der Waals surface area contributed by atoms with Crippen LogP contribution in [0.15, 0.2) is 72.8 Å². The first-order valence-corrected chi connectivity index (χ1v) is 8.71. The van der Waals surface area contributed by atoms with Crippen LogP contribution in [0.2, 0.25) is 0 Å². The summed E-state index contributed by atoms with van der Waals surface area (Å²) in [6.07, 6.45) is 0. The van der Waals surface area contributed by atoms with Crippen molar-refractivity contribution in [2.24, 2.45) is 0 Å². The molecule has 0 heterocycles. The van der Waals surface area contributed by atoms with Gasteiger partial charge in [0.25, 0.3) is 0 Å². The third-order valence-corrected chi connectivity index (χ3v) is 4.13. The van der Waals surface area contributed by atoms with Crippen LogP contribution in [0.25, 0.3) is 0 Å². The molecule has 0 saturated heterocycles. The molecule has 5 nitrogen and oxygen atoms in total. The Morgan fingerprint density at radius 2 is 1.68 bits per heavy atom. The molecule has 0 aliphatic rings. The van der Waals surface area contributed by atoms with E-state index in [0.717, 1.165) is 5.56 Å². The van der Waals surface area contributed by atoms with Crippen LogP contribution in [0.4, 0.5) is 0 Å². The summed E-state index contributed by atoms with van der Waals surface area (Å²) in [6.45, 7) is 0.420. The number of nitriles is 1. The average Bonchev–Trinajstić information content (AvgIpc) is 2.76. The molecule has 0 atom stereocenters. The zero-order valence-corrected chi connectivity index (χ0v) is 15.4. The second-order valence-corrected chi connectivity index (χ2v) is 5.98. The Hall–Kier alpha value is -3.78. The monoisotopic (exact) mass is 373 g/mol. The molecule has 3 rings (SSSR count). The first-order valence-electron chi connectivity index (χ1n) is 8.71. The van der Waals surface area contributed by atoms with Gasteiger partial charge in [-0.2, -0.15) is 5.26 Å². The van der Waals surface area contributed by atoms with Crippen molar-refractivity contribution < 1.29 is 19.0 Å². The molecule has 0 amide bonds. The minimum absolute atomic E-state index is 0.0249. The standard InChI is InChI=1S/C23H19NO4/c1-26-22-13-18(11-12-21(22)27-15-17-7-3-2-4-8-17)23(25)28-16-20-10-6-5-9-19(20)14-24/h2-13H,15-16H2,1H3. The van der Waals surface area contributed by atoms with Gasteiger partial charge in [0.1, 0.15) is 13.2 Å². The molecule has 0 spiro atoms. The molecule has 0 saturated carbocycles. The van der Waals surface area contributed by atoms with Crippen molar-refractivity contribution in [1.29, 1.82) is 5.26 Å². The van der Waals surface area contributed by atoms with Crippen LogP contribution in [0.3, 0.4) is 0 Å². The van der Waals surface area contributed by atoms with Gasteiger partial charge in [-0.1, -0.05) is 48.5 Å². The topological polar surface area (TPSA) is 68.5 Å². The predicted molar refractivity (Wildman–Crippen MR) is 104 cm³/mol. The lowest BCUT2D eigenvalue weighted by Gasteiger charge is -2.12. The third-order valence-electron chi connectivity index (χ3n) is 4.13. The van der Waals surface area contributed by atoms with Gasteiger partial charge in [0, 0.05) is 5.56 Å². The van der Waals surface area contributed by atoms with Gasteiger partial charge in [0.05, 0.1) is 24.3 Å². The van der Waals surface area contributed by atoms with Crippen LogP contribution in [-0.2, 0) is 18.0 Å². The van der Waals surface area contributed by atoms with E-state index < -0.39 is 5.97 Å². The third kappa shape index (κ3) is 4.68. The fourth-order valence-corrected chi connectivity index (χ4v) is 2.63. The summed E-state index contributed by atoms with van der Waals surface area (Å²) in [5.41, 5.74) is 2.52. The van der Waals surface area contributed by atoms with Gasteiger partial charge < -0.3 is 14.2 Å². The first-order chi connectivity index (χ1) is 13.7. The predicted octanol–water partition coefficient (Wildman–Crippen LogP) is 4.50. The summed E-state index contributed by atoms with van der Waals surface area (Å²) < 4.78 is 16.5. The Bertz CT molecular complexity index is 993. The Labute approximate surface area is 163 Å². The second-order valence-electron chi connectivity index (χ2n) is 5.98. The number of carbonyl (C=O) groups is 1. The lowest BCUT2D eigenvalue weighted by molar-refractivity contribution is 0.0472. The van der Waals surface area contributed by atoms with Crippen molar-refractivity contribution in [2.45, 2.75) is 13.2 Å². The highest BCUT2D eigenvalue weighted by Crippen LogP contribution is 2.29. The van der Waals surface area contributed by atoms with Gasteiger partial charge in [-0.05, 0) is 29.8 Å². The van der Waals surface area contributed by atoms with Crippen LogP contribution < -0.4 is 9.47 Å². The first kappa shape index (κ1) is 19.0. The van der Waals surface area contributed by atoms with Crippen molar-refractivity contribution in [3.05, 3.63) is 95.1 Å². The molecule has 5 heteroatoms. The molecule has 0 unspecified atom stereocenters. The zero-order chi connectivity index (χ0) is 19.8. The second kappa shape index (κ2) is 9.24. The highest BCUT2D eigenvalue weighted by Gasteiger charge is 2.13. The van der Waals surface area contributed by atoms with Gasteiger partial charge in [-0.25, -0.2) is 4.79 Å². The maximum Gasteiger partial charge on any atom is 0.338 e. The Morgan fingerprint density at radius 3 is 2.43 bits per heavy atom. The summed E-state index contributed by atoms with van der Waals surface area (Å²) in [4.78, 5) is 12.4. The molecule has 0 bridgehead atoms. The van der Waals surface area contributed by atoms with E-state index in [1.54, 1.807) is 42.5 Å². The minimum Gasteiger partial charge on any atom is -0.493 e. The number of hydrogen-bond acceptors (Lipinski definition) is 5. The lowest BCUT2D eigenvalue weighted by Crippen LogP contribution is -2.07. The van der Waals surface area contributed by atoms with E-state index in [2.05, 4.69) is 6.07 Å². The van der Waals surface area contributed by atoms with Gasteiger partial charge in [0.15, 0.2) is 11.5 Å². The van der Waals surface area contributed by atoms with Crippen molar-refractivity contribution in [2.75, 3.05) is 7.11 Å². The minimum atomic E-state index is -0.499. The van der Waals surface area contributed by atoms with Crippen LogP contribution in [0.1, 0.15) is 27.0 Å². The fourth-order valence-electron chi connectivity index (χ4n) is 2.63. The quantitative estimate of drug-likeness (QED) is 0.570. The summed E-state index contributed by atoms with van der Waals surface area (Å²) in [5, 5.41) is 9.11. The van der Waals surface area contributed by atoms with Gasteiger partial charge in [-0.15, -0.1) is 0 Å². The van der Waals surface area contributed by atoms with E-state index in [0.29, 0.717) is 34.8 Å². The molecular weight excluding hydrogens is 354 g/mol. The molecular formula is C23H19NO4. The normalized spacial score (nSPS) is 10.0. The van der Waals surface area contributed by atoms with Crippen molar-refractivity contribution in [3.63, 3.8) is 0 Å². The van der Waals surface area contributed by atoms with Crippen molar-refractivity contribution in [1.82, 2.24) is 0 Å². The number of nitrogens with zero attached hydrogens (tertiary/aromatic N) is 1. The van der Waals surface area contributed by atoms with E-state index in [9.17, 15) is 4.79 Å². The summed E-state index contributed by atoms with van der Waals surface area (Å²) >= 11 is 0. The van der Waals surface area contributed by atoms with E-state index >= 15 is 0 Å². The van der Waals surface area contributed by atoms with E-state index in [-0.39, 0.29) is 6.61 Å².